The Labute approximate surface area is 129 Å². The molecule has 2 rings (SSSR count). The van der Waals surface area contributed by atoms with Gasteiger partial charge in [0.15, 0.2) is 0 Å². The molecule has 0 saturated carbocycles. The maximum absolute atomic E-state index is 12.2. The Balaban J connectivity index is 1.89. The topological polar surface area (TPSA) is 58.4 Å². The summed E-state index contributed by atoms with van der Waals surface area (Å²) in [7, 11) is 3.42. The molecular weight excluding hydrogens is 280 g/mol. The molecule has 22 heavy (non-hydrogen) atoms. The van der Waals surface area contributed by atoms with Gasteiger partial charge in [-0.25, -0.2) is 4.79 Å². The highest BCUT2D eigenvalue weighted by molar-refractivity contribution is 5.94. The van der Waals surface area contributed by atoms with Crippen LogP contribution >= 0.6 is 0 Å². The van der Waals surface area contributed by atoms with Crippen LogP contribution in [0.1, 0.15) is 15.9 Å². The van der Waals surface area contributed by atoms with Crippen molar-refractivity contribution in [3.05, 3.63) is 53.9 Å². The molecule has 1 aromatic carbocycles. The molecule has 0 aliphatic carbocycles. The van der Waals surface area contributed by atoms with Crippen molar-refractivity contribution in [3.8, 4) is 0 Å². The van der Waals surface area contributed by atoms with Gasteiger partial charge < -0.3 is 9.80 Å². The molecule has 6 heteroatoms. The highest BCUT2D eigenvalue weighted by atomic mass is 16.2. The number of benzene rings is 1. The molecule has 2 amide bonds. The van der Waals surface area contributed by atoms with Crippen LogP contribution in [-0.4, -0.2) is 58.7 Å². The maximum Gasteiger partial charge on any atom is 0.344 e. The van der Waals surface area contributed by atoms with Gasteiger partial charge in [0, 0.05) is 38.9 Å². The summed E-state index contributed by atoms with van der Waals surface area (Å²) in [6, 6.07) is 8.87. The van der Waals surface area contributed by atoms with Gasteiger partial charge in [-0.1, -0.05) is 18.2 Å². The van der Waals surface area contributed by atoms with Crippen LogP contribution < -0.4 is 0 Å². The molecular formula is C16H20N4O2. The molecule has 2 aromatic rings. The fraction of sp³-hybridized carbons (Fsp3) is 0.312. The summed E-state index contributed by atoms with van der Waals surface area (Å²) in [6.07, 6.45) is 3.31. The highest BCUT2D eigenvalue weighted by Gasteiger charge is 2.15. The zero-order chi connectivity index (χ0) is 16.1. The minimum Gasteiger partial charge on any atom is -0.340 e. The summed E-state index contributed by atoms with van der Waals surface area (Å²) in [5.74, 6) is -0.0589. The largest absolute Gasteiger partial charge is 0.344 e. The van der Waals surface area contributed by atoms with Crippen LogP contribution in [0.25, 0.3) is 0 Å². The van der Waals surface area contributed by atoms with Crippen LogP contribution in [0.5, 0.6) is 0 Å². The lowest BCUT2D eigenvalue weighted by Crippen LogP contribution is -2.39. The predicted molar refractivity (Wildman–Crippen MR) is 83.8 cm³/mol. The van der Waals surface area contributed by atoms with E-state index in [1.54, 1.807) is 48.4 Å². The molecule has 6 nitrogen and oxygen atoms in total. The number of carbonyl (C=O) groups is 2. The van der Waals surface area contributed by atoms with Gasteiger partial charge in [0.1, 0.15) is 0 Å². The van der Waals surface area contributed by atoms with Crippen LogP contribution in [0.2, 0.25) is 0 Å². The van der Waals surface area contributed by atoms with Gasteiger partial charge in [0.05, 0.1) is 6.20 Å². The second-order valence-electron chi connectivity index (χ2n) is 5.26. The van der Waals surface area contributed by atoms with Crippen LogP contribution in [0.4, 0.5) is 4.79 Å². The van der Waals surface area contributed by atoms with E-state index in [4.69, 9.17) is 0 Å². The second kappa shape index (κ2) is 6.89. The molecule has 0 atom stereocenters. The van der Waals surface area contributed by atoms with Crippen molar-refractivity contribution in [1.82, 2.24) is 19.6 Å². The lowest BCUT2D eigenvalue weighted by Gasteiger charge is -2.22. The first-order valence-electron chi connectivity index (χ1n) is 7.06. The van der Waals surface area contributed by atoms with Crippen molar-refractivity contribution >= 4 is 11.9 Å². The summed E-state index contributed by atoms with van der Waals surface area (Å²) in [5, 5.41) is 3.99. The Bertz CT molecular complexity index is 651. The number of rotatable bonds is 4. The third kappa shape index (κ3) is 3.72. The van der Waals surface area contributed by atoms with E-state index >= 15 is 0 Å². The minimum absolute atomic E-state index is 0.0589. The van der Waals surface area contributed by atoms with Crippen molar-refractivity contribution < 1.29 is 9.59 Å². The number of hydrogen-bond acceptors (Lipinski definition) is 3. The third-order valence-corrected chi connectivity index (χ3v) is 3.37. The Kier molecular flexibility index (Phi) is 4.93. The van der Waals surface area contributed by atoms with Gasteiger partial charge in [-0.2, -0.15) is 9.78 Å². The predicted octanol–water partition coefficient (Wildman–Crippen LogP) is 1.86. The lowest BCUT2D eigenvalue weighted by atomic mass is 10.2. The average Bonchev–Trinajstić information content (AvgIpc) is 2.98. The van der Waals surface area contributed by atoms with Crippen molar-refractivity contribution in [3.63, 3.8) is 0 Å². The summed E-state index contributed by atoms with van der Waals surface area (Å²) in [6.45, 7) is 2.77. The maximum atomic E-state index is 12.2. The Morgan fingerprint density at radius 1 is 1.09 bits per heavy atom. The van der Waals surface area contributed by atoms with Crippen LogP contribution in [0, 0.1) is 6.92 Å². The van der Waals surface area contributed by atoms with Crippen LogP contribution in [0.3, 0.4) is 0 Å². The summed E-state index contributed by atoms with van der Waals surface area (Å²) in [5.41, 5.74) is 1.57. The number of likely N-dealkylation sites (N-methyl/N-ethyl adjacent to an activating group) is 2. The van der Waals surface area contributed by atoms with Gasteiger partial charge in [0.2, 0.25) is 0 Å². The zero-order valence-electron chi connectivity index (χ0n) is 13.1. The monoisotopic (exact) mass is 300 g/mol. The Morgan fingerprint density at radius 3 is 2.32 bits per heavy atom. The van der Waals surface area contributed by atoms with E-state index < -0.39 is 0 Å². The molecule has 0 saturated heterocycles. The Hall–Kier alpha value is -2.63. The fourth-order valence-corrected chi connectivity index (χ4v) is 1.99. The van der Waals surface area contributed by atoms with Gasteiger partial charge in [0.25, 0.3) is 5.91 Å². The van der Waals surface area contributed by atoms with E-state index in [0.717, 1.165) is 5.56 Å². The molecule has 0 unspecified atom stereocenters. The van der Waals surface area contributed by atoms with E-state index in [-0.39, 0.29) is 11.9 Å². The lowest BCUT2D eigenvalue weighted by molar-refractivity contribution is 0.0785. The van der Waals surface area contributed by atoms with E-state index in [2.05, 4.69) is 5.10 Å². The Morgan fingerprint density at radius 2 is 1.73 bits per heavy atom. The van der Waals surface area contributed by atoms with E-state index in [1.807, 2.05) is 25.1 Å². The number of aryl methyl sites for hydroxylation is 1. The molecule has 0 spiro atoms. The first kappa shape index (κ1) is 15.8. The summed E-state index contributed by atoms with van der Waals surface area (Å²) >= 11 is 0. The van der Waals surface area contributed by atoms with Crippen LogP contribution in [0.15, 0.2) is 42.7 Å². The van der Waals surface area contributed by atoms with Gasteiger partial charge in [-0.15, -0.1) is 0 Å². The number of amides is 2. The van der Waals surface area contributed by atoms with Gasteiger partial charge in [-0.3, -0.25) is 4.79 Å². The number of carbonyl (C=O) groups excluding carboxylic acids is 2. The minimum atomic E-state index is -0.214. The number of nitrogens with zero attached hydrogens (tertiary/aromatic N) is 4. The van der Waals surface area contributed by atoms with Gasteiger partial charge >= 0.3 is 6.03 Å². The first-order chi connectivity index (χ1) is 10.5. The van der Waals surface area contributed by atoms with Crippen molar-refractivity contribution in [1.29, 1.82) is 0 Å². The molecule has 0 radical (unpaired) electrons. The molecule has 0 N–H and O–H groups in total. The highest BCUT2D eigenvalue weighted by Crippen LogP contribution is 2.03. The first-order valence-corrected chi connectivity index (χ1v) is 7.06. The van der Waals surface area contributed by atoms with Crippen molar-refractivity contribution in [2.75, 3.05) is 27.2 Å². The molecule has 0 bridgehead atoms. The molecule has 0 aliphatic heterocycles. The van der Waals surface area contributed by atoms with E-state index in [9.17, 15) is 9.59 Å². The molecule has 0 aliphatic rings. The second-order valence-corrected chi connectivity index (χ2v) is 5.26. The SMILES string of the molecule is Cc1cnn(C(=O)N(C)CCN(C)C(=O)c2ccccc2)c1. The summed E-state index contributed by atoms with van der Waals surface area (Å²) in [4.78, 5) is 27.5. The zero-order valence-corrected chi connectivity index (χ0v) is 13.1. The smallest absolute Gasteiger partial charge is 0.340 e. The fourth-order valence-electron chi connectivity index (χ4n) is 1.99. The van der Waals surface area contributed by atoms with E-state index in [1.165, 1.54) is 4.68 Å². The van der Waals surface area contributed by atoms with Crippen LogP contribution in [-0.2, 0) is 0 Å². The van der Waals surface area contributed by atoms with Crippen molar-refractivity contribution in [2.45, 2.75) is 6.92 Å². The standard InChI is InChI=1S/C16H20N4O2/c1-13-11-17-20(12-13)16(22)19(3)10-9-18(2)15(21)14-7-5-4-6-8-14/h4-8,11-12H,9-10H2,1-3H3. The quantitative estimate of drug-likeness (QED) is 0.866. The number of aromatic nitrogens is 2. The van der Waals surface area contributed by atoms with E-state index in [0.29, 0.717) is 18.7 Å². The summed E-state index contributed by atoms with van der Waals surface area (Å²) < 4.78 is 1.30. The number of hydrogen-bond donors (Lipinski definition) is 0. The average molecular weight is 300 g/mol. The van der Waals surface area contributed by atoms with Gasteiger partial charge in [-0.05, 0) is 24.6 Å². The molecule has 1 aromatic heterocycles. The molecule has 0 fully saturated rings. The van der Waals surface area contributed by atoms with Crippen molar-refractivity contribution in [2.24, 2.45) is 0 Å². The third-order valence-electron chi connectivity index (χ3n) is 3.37. The molecule has 1 heterocycles. The normalized spacial score (nSPS) is 10.3. The molecule has 116 valence electrons.